The van der Waals surface area contributed by atoms with Gasteiger partial charge in [-0.25, -0.2) is 4.79 Å². The second-order valence-corrected chi connectivity index (χ2v) is 6.70. The van der Waals surface area contributed by atoms with Gasteiger partial charge in [-0.3, -0.25) is 4.79 Å². The number of benzene rings is 1. The van der Waals surface area contributed by atoms with Gasteiger partial charge in [-0.2, -0.15) is 0 Å². The smallest absolute Gasteiger partial charge is 0.409 e. The molecule has 1 fully saturated rings. The first-order chi connectivity index (χ1) is 12.6. The van der Waals surface area contributed by atoms with E-state index >= 15 is 0 Å². The van der Waals surface area contributed by atoms with Crippen molar-refractivity contribution in [3.63, 3.8) is 0 Å². The fourth-order valence-corrected chi connectivity index (χ4v) is 3.45. The molecule has 6 nitrogen and oxygen atoms in total. The number of carbonyl (C=O) groups is 2. The Bertz CT molecular complexity index is 606. The van der Waals surface area contributed by atoms with Crippen molar-refractivity contribution in [2.24, 2.45) is 0 Å². The molecule has 2 amide bonds. The lowest BCUT2D eigenvalue weighted by molar-refractivity contribution is 0.0685. The molecule has 2 atom stereocenters. The van der Waals surface area contributed by atoms with Gasteiger partial charge in [-0.05, 0) is 44.7 Å². The first-order valence-corrected chi connectivity index (χ1v) is 9.57. The normalized spacial score (nSPS) is 19.9. The van der Waals surface area contributed by atoms with E-state index in [-0.39, 0.29) is 18.0 Å². The minimum absolute atomic E-state index is 0.0338. The number of hydrogen-bond donors (Lipinski definition) is 2. The zero-order valence-electron chi connectivity index (χ0n) is 16.1. The van der Waals surface area contributed by atoms with E-state index < -0.39 is 0 Å². The van der Waals surface area contributed by atoms with E-state index in [2.05, 4.69) is 17.6 Å². The molecule has 0 radical (unpaired) electrons. The van der Waals surface area contributed by atoms with E-state index in [4.69, 9.17) is 4.74 Å². The molecule has 144 valence electrons. The van der Waals surface area contributed by atoms with E-state index in [0.717, 1.165) is 36.9 Å². The maximum Gasteiger partial charge on any atom is 0.409 e. The summed E-state index contributed by atoms with van der Waals surface area (Å²) in [5, 5.41) is 6.47. The average molecular weight is 361 g/mol. The highest BCUT2D eigenvalue weighted by atomic mass is 16.6. The molecule has 2 N–H and O–H groups in total. The van der Waals surface area contributed by atoms with Crippen LogP contribution >= 0.6 is 0 Å². The summed E-state index contributed by atoms with van der Waals surface area (Å²) in [6.07, 6.45) is 2.53. The maximum atomic E-state index is 12.2. The molecule has 1 heterocycles. The van der Waals surface area contributed by atoms with Crippen LogP contribution in [0.5, 0.6) is 0 Å². The van der Waals surface area contributed by atoms with Gasteiger partial charge < -0.3 is 20.3 Å². The van der Waals surface area contributed by atoms with Crippen molar-refractivity contribution in [1.82, 2.24) is 15.5 Å². The first-order valence-electron chi connectivity index (χ1n) is 9.57. The van der Waals surface area contributed by atoms with Crippen LogP contribution in [-0.4, -0.2) is 55.2 Å². The number of amides is 2. The molecule has 1 aromatic rings. The third kappa shape index (κ3) is 5.46. The number of carbonyl (C=O) groups excluding carboxylic acids is 2. The summed E-state index contributed by atoms with van der Waals surface area (Å²) in [5.74, 6) is -0.0338. The Morgan fingerprint density at radius 1 is 1.23 bits per heavy atom. The molecule has 1 saturated heterocycles. The number of rotatable bonds is 7. The monoisotopic (exact) mass is 361 g/mol. The third-order valence-electron chi connectivity index (χ3n) is 4.92. The minimum Gasteiger partial charge on any atom is -0.450 e. The highest BCUT2D eigenvalue weighted by molar-refractivity contribution is 5.95. The van der Waals surface area contributed by atoms with Crippen LogP contribution in [0.2, 0.25) is 0 Å². The summed E-state index contributed by atoms with van der Waals surface area (Å²) in [6.45, 7) is 8.30. The standard InChI is InChI=1S/C20H31N3O3/c1-4-17-14-16(10-13-23(17)20(25)26-5-2)21-11-12-22-19(24)18-9-7-6-8-15(18)3/h6-9,16-17,21H,4-5,10-14H2,1-3H3,(H,22,24). The average Bonchev–Trinajstić information content (AvgIpc) is 2.65. The fourth-order valence-electron chi connectivity index (χ4n) is 3.45. The molecular weight excluding hydrogens is 330 g/mol. The SMILES string of the molecule is CCOC(=O)N1CCC(NCCNC(=O)c2ccccc2C)CC1CC. The van der Waals surface area contributed by atoms with Crippen molar-refractivity contribution in [1.29, 1.82) is 0 Å². The van der Waals surface area contributed by atoms with Gasteiger partial charge in [0.1, 0.15) is 0 Å². The number of likely N-dealkylation sites (tertiary alicyclic amines) is 1. The molecular formula is C20H31N3O3. The van der Waals surface area contributed by atoms with E-state index in [1.807, 2.05) is 43.0 Å². The van der Waals surface area contributed by atoms with Crippen LogP contribution in [0.15, 0.2) is 24.3 Å². The van der Waals surface area contributed by atoms with Gasteiger partial charge >= 0.3 is 6.09 Å². The Morgan fingerprint density at radius 2 is 2.00 bits per heavy atom. The van der Waals surface area contributed by atoms with Crippen LogP contribution in [0.1, 0.15) is 49.0 Å². The van der Waals surface area contributed by atoms with Crippen LogP contribution in [-0.2, 0) is 4.74 Å². The Labute approximate surface area is 156 Å². The predicted octanol–water partition coefficient (Wildman–Crippen LogP) is 2.71. The maximum absolute atomic E-state index is 12.2. The van der Waals surface area contributed by atoms with Crippen LogP contribution in [0.4, 0.5) is 4.79 Å². The van der Waals surface area contributed by atoms with Crippen molar-refractivity contribution in [3.8, 4) is 0 Å². The fraction of sp³-hybridized carbons (Fsp3) is 0.600. The molecule has 0 aromatic heterocycles. The van der Waals surface area contributed by atoms with Gasteiger partial charge in [-0.15, -0.1) is 0 Å². The third-order valence-corrected chi connectivity index (χ3v) is 4.92. The molecule has 2 rings (SSSR count). The van der Waals surface area contributed by atoms with E-state index in [0.29, 0.717) is 25.7 Å². The molecule has 0 spiro atoms. The van der Waals surface area contributed by atoms with Crippen LogP contribution in [0, 0.1) is 6.92 Å². The molecule has 2 unspecified atom stereocenters. The van der Waals surface area contributed by atoms with Crippen LogP contribution in [0.3, 0.4) is 0 Å². The van der Waals surface area contributed by atoms with Crippen molar-refractivity contribution in [2.45, 2.75) is 52.1 Å². The summed E-state index contributed by atoms with van der Waals surface area (Å²) >= 11 is 0. The highest BCUT2D eigenvalue weighted by Crippen LogP contribution is 2.21. The van der Waals surface area contributed by atoms with Crippen molar-refractivity contribution in [2.75, 3.05) is 26.2 Å². The Kier molecular flexibility index (Phi) is 7.91. The number of aryl methyl sites for hydroxylation is 1. The summed E-state index contributed by atoms with van der Waals surface area (Å²) in [6, 6.07) is 8.16. The molecule has 0 saturated carbocycles. The van der Waals surface area contributed by atoms with Crippen molar-refractivity contribution >= 4 is 12.0 Å². The van der Waals surface area contributed by atoms with E-state index in [1.54, 1.807) is 0 Å². The molecule has 26 heavy (non-hydrogen) atoms. The van der Waals surface area contributed by atoms with Crippen LogP contribution < -0.4 is 10.6 Å². The van der Waals surface area contributed by atoms with Crippen molar-refractivity contribution < 1.29 is 14.3 Å². The lowest BCUT2D eigenvalue weighted by Gasteiger charge is -2.38. The summed E-state index contributed by atoms with van der Waals surface area (Å²) < 4.78 is 5.14. The second-order valence-electron chi connectivity index (χ2n) is 6.70. The largest absolute Gasteiger partial charge is 0.450 e. The quantitative estimate of drug-likeness (QED) is 0.733. The number of piperidine rings is 1. The zero-order valence-corrected chi connectivity index (χ0v) is 16.1. The van der Waals surface area contributed by atoms with E-state index in [1.165, 1.54) is 0 Å². The topological polar surface area (TPSA) is 70.7 Å². The first kappa shape index (κ1) is 20.2. The van der Waals surface area contributed by atoms with Crippen molar-refractivity contribution in [3.05, 3.63) is 35.4 Å². The second kappa shape index (κ2) is 10.2. The molecule has 1 aliphatic heterocycles. The number of nitrogens with zero attached hydrogens (tertiary/aromatic N) is 1. The summed E-state index contributed by atoms with van der Waals surface area (Å²) in [5.41, 5.74) is 1.70. The molecule has 1 aromatic carbocycles. The summed E-state index contributed by atoms with van der Waals surface area (Å²) in [7, 11) is 0. The Hall–Kier alpha value is -2.08. The Morgan fingerprint density at radius 3 is 2.69 bits per heavy atom. The Balaban J connectivity index is 1.73. The lowest BCUT2D eigenvalue weighted by atomic mass is 9.96. The van der Waals surface area contributed by atoms with Gasteiger partial charge in [0.2, 0.25) is 0 Å². The van der Waals surface area contributed by atoms with E-state index in [9.17, 15) is 9.59 Å². The number of nitrogens with one attached hydrogen (secondary N) is 2. The van der Waals surface area contributed by atoms with Gasteiger partial charge in [0.05, 0.1) is 6.61 Å². The van der Waals surface area contributed by atoms with Crippen LogP contribution in [0.25, 0.3) is 0 Å². The van der Waals surface area contributed by atoms with Gasteiger partial charge in [0.15, 0.2) is 0 Å². The molecule has 1 aliphatic rings. The van der Waals surface area contributed by atoms with Gasteiger partial charge in [0.25, 0.3) is 5.91 Å². The molecule has 0 aliphatic carbocycles. The lowest BCUT2D eigenvalue weighted by Crippen LogP contribution is -2.51. The molecule has 6 heteroatoms. The minimum atomic E-state index is -0.205. The highest BCUT2D eigenvalue weighted by Gasteiger charge is 2.30. The summed E-state index contributed by atoms with van der Waals surface area (Å²) in [4.78, 5) is 26.1. The van der Waals surface area contributed by atoms with Gasteiger partial charge in [-0.1, -0.05) is 25.1 Å². The predicted molar refractivity (Wildman–Crippen MR) is 102 cm³/mol. The number of ether oxygens (including phenoxy) is 1. The van der Waals surface area contributed by atoms with Gasteiger partial charge in [0, 0.05) is 37.3 Å². The zero-order chi connectivity index (χ0) is 18.9. The molecule has 0 bridgehead atoms. The number of hydrogen-bond acceptors (Lipinski definition) is 4.